The largest absolute Gasteiger partial charge is 0.377 e. The van der Waals surface area contributed by atoms with Gasteiger partial charge in [-0.3, -0.25) is 4.79 Å². The number of H-pyrrole nitrogens is 1. The first-order valence-corrected chi connectivity index (χ1v) is 5.78. The quantitative estimate of drug-likeness (QED) is 0.821. The molecule has 8 nitrogen and oxygen atoms in total. The predicted octanol–water partition coefficient (Wildman–Crippen LogP) is 0.692. The Balaban J connectivity index is 2.18. The van der Waals surface area contributed by atoms with Gasteiger partial charge in [-0.05, 0) is 13.8 Å². The van der Waals surface area contributed by atoms with Gasteiger partial charge >= 0.3 is 0 Å². The van der Waals surface area contributed by atoms with Crippen molar-refractivity contribution in [2.24, 2.45) is 0 Å². The average Bonchev–Trinajstić information content (AvgIpc) is 2.92. The van der Waals surface area contributed by atoms with Gasteiger partial charge in [-0.1, -0.05) is 0 Å². The van der Waals surface area contributed by atoms with Crippen LogP contribution in [0.15, 0.2) is 12.4 Å². The molecule has 0 atom stereocenters. The lowest BCUT2D eigenvalue weighted by Gasteiger charge is -2.09. The number of rotatable bonds is 5. The summed E-state index contributed by atoms with van der Waals surface area (Å²) < 4.78 is 5.31. The zero-order valence-electron chi connectivity index (χ0n) is 10.7. The van der Waals surface area contributed by atoms with E-state index in [0.29, 0.717) is 30.4 Å². The van der Waals surface area contributed by atoms with Gasteiger partial charge in [-0.25, -0.2) is 9.97 Å². The summed E-state index contributed by atoms with van der Waals surface area (Å²) in [4.78, 5) is 20.2. The first-order valence-electron chi connectivity index (χ1n) is 5.78. The highest BCUT2D eigenvalue weighted by Crippen LogP contribution is 2.13. The van der Waals surface area contributed by atoms with Crippen molar-refractivity contribution in [2.45, 2.75) is 20.5 Å². The number of nitrogens with zero attached hydrogens (tertiary/aromatic N) is 4. The first-order chi connectivity index (χ1) is 9.20. The van der Waals surface area contributed by atoms with Crippen molar-refractivity contribution in [2.75, 3.05) is 11.9 Å². The molecule has 8 heteroatoms. The molecule has 19 heavy (non-hydrogen) atoms. The van der Waals surface area contributed by atoms with Crippen LogP contribution < -0.4 is 5.32 Å². The molecule has 0 fully saturated rings. The van der Waals surface area contributed by atoms with E-state index in [4.69, 9.17) is 4.74 Å². The van der Waals surface area contributed by atoms with Gasteiger partial charge < -0.3 is 10.1 Å². The van der Waals surface area contributed by atoms with Gasteiger partial charge in [0.05, 0.1) is 12.8 Å². The van der Waals surface area contributed by atoms with Crippen LogP contribution in [0.5, 0.6) is 0 Å². The van der Waals surface area contributed by atoms with Gasteiger partial charge in [0, 0.05) is 18.4 Å². The number of hydrogen-bond donors (Lipinski definition) is 2. The van der Waals surface area contributed by atoms with Crippen LogP contribution in [0.2, 0.25) is 0 Å². The van der Waals surface area contributed by atoms with Crippen LogP contribution in [0.4, 0.5) is 5.82 Å². The molecule has 2 N–H and O–H groups in total. The van der Waals surface area contributed by atoms with Crippen LogP contribution >= 0.6 is 0 Å². The monoisotopic (exact) mass is 262 g/mol. The molecule has 0 unspecified atom stereocenters. The van der Waals surface area contributed by atoms with Crippen molar-refractivity contribution in [1.29, 1.82) is 0 Å². The lowest BCUT2D eigenvalue weighted by atomic mass is 10.3. The second kappa shape index (κ2) is 6.01. The van der Waals surface area contributed by atoms with Gasteiger partial charge in [-0.15, -0.1) is 0 Å². The summed E-state index contributed by atoms with van der Waals surface area (Å²) in [5.41, 5.74) is 0.905. The minimum atomic E-state index is -0.385. The molecular weight excluding hydrogens is 248 g/mol. The highest BCUT2D eigenvalue weighted by molar-refractivity contribution is 6.02. The van der Waals surface area contributed by atoms with Crippen LogP contribution in [0.3, 0.4) is 0 Å². The number of aromatic amines is 1. The highest BCUT2D eigenvalue weighted by Gasteiger charge is 2.13. The molecule has 0 saturated carbocycles. The molecule has 2 aromatic rings. The fourth-order valence-electron chi connectivity index (χ4n) is 1.40. The Labute approximate surface area is 109 Å². The smallest absolute Gasteiger partial charge is 0.279 e. The van der Waals surface area contributed by atoms with Crippen LogP contribution in [0.25, 0.3) is 0 Å². The predicted molar refractivity (Wildman–Crippen MR) is 66.4 cm³/mol. The van der Waals surface area contributed by atoms with Crippen molar-refractivity contribution in [3.8, 4) is 0 Å². The molecule has 0 saturated heterocycles. The Hall–Kier alpha value is -2.35. The number of carbonyl (C=O) groups is 1. The summed E-state index contributed by atoms with van der Waals surface area (Å²) in [5.74, 6) is 0.606. The van der Waals surface area contributed by atoms with E-state index in [9.17, 15) is 4.79 Å². The van der Waals surface area contributed by atoms with Gasteiger partial charge in [-0.2, -0.15) is 15.4 Å². The van der Waals surface area contributed by atoms with E-state index >= 15 is 0 Å². The molecule has 0 aromatic carbocycles. The molecule has 0 radical (unpaired) electrons. The van der Waals surface area contributed by atoms with Gasteiger partial charge in [0.1, 0.15) is 11.6 Å². The Morgan fingerprint density at radius 1 is 1.47 bits per heavy atom. The number of anilines is 1. The molecule has 0 aliphatic heterocycles. The number of aryl methyl sites for hydroxylation is 1. The second-order valence-electron chi connectivity index (χ2n) is 3.74. The number of hydrogen-bond acceptors (Lipinski definition) is 6. The molecule has 0 spiro atoms. The fraction of sp³-hybridized carbons (Fsp3) is 0.364. The Bertz CT molecular complexity index is 554. The van der Waals surface area contributed by atoms with Crippen molar-refractivity contribution in [3.63, 3.8) is 0 Å². The topological polar surface area (TPSA) is 106 Å². The van der Waals surface area contributed by atoms with Crippen LogP contribution in [-0.2, 0) is 11.3 Å². The summed E-state index contributed by atoms with van der Waals surface area (Å²) >= 11 is 0. The van der Waals surface area contributed by atoms with Crippen LogP contribution in [-0.4, -0.2) is 37.9 Å². The third-order valence-corrected chi connectivity index (χ3v) is 2.33. The van der Waals surface area contributed by atoms with Crippen molar-refractivity contribution in [3.05, 3.63) is 29.5 Å². The standard InChI is InChI=1S/C11H14N6O2/c1-3-19-6-8-4-12-7(2)14-10(8)15-11(18)9-5-13-17-16-9/h4-5H,3,6H2,1-2H3,(H,13,16,17)(H,12,14,15,18). The third-order valence-electron chi connectivity index (χ3n) is 2.33. The summed E-state index contributed by atoms with van der Waals surface area (Å²) in [7, 11) is 0. The lowest BCUT2D eigenvalue weighted by Crippen LogP contribution is -2.16. The number of nitrogens with one attached hydrogen (secondary N) is 2. The molecule has 2 heterocycles. The van der Waals surface area contributed by atoms with E-state index in [1.807, 2.05) is 6.92 Å². The van der Waals surface area contributed by atoms with Crippen molar-refractivity contribution >= 4 is 11.7 Å². The molecule has 2 aromatic heterocycles. The van der Waals surface area contributed by atoms with E-state index in [-0.39, 0.29) is 11.6 Å². The second-order valence-corrected chi connectivity index (χ2v) is 3.74. The van der Waals surface area contributed by atoms with Crippen molar-refractivity contribution < 1.29 is 9.53 Å². The Kier molecular flexibility index (Phi) is 4.14. The summed E-state index contributed by atoms with van der Waals surface area (Å²) in [6.07, 6.45) is 2.97. The molecule has 1 amide bonds. The highest BCUT2D eigenvalue weighted by atomic mass is 16.5. The summed E-state index contributed by atoms with van der Waals surface area (Å²) in [5, 5.41) is 12.3. The number of amides is 1. The molecule has 0 bridgehead atoms. The zero-order valence-corrected chi connectivity index (χ0v) is 10.7. The Morgan fingerprint density at radius 3 is 3.00 bits per heavy atom. The van der Waals surface area contributed by atoms with E-state index in [2.05, 4.69) is 30.7 Å². The molecule has 100 valence electrons. The third kappa shape index (κ3) is 3.32. The maximum Gasteiger partial charge on any atom is 0.279 e. The van der Waals surface area contributed by atoms with Crippen LogP contribution in [0, 0.1) is 6.92 Å². The van der Waals surface area contributed by atoms with E-state index in [1.165, 1.54) is 6.20 Å². The van der Waals surface area contributed by atoms with E-state index in [0.717, 1.165) is 0 Å². The SMILES string of the molecule is CCOCc1cnc(C)nc1NC(=O)c1cn[nH]n1. The lowest BCUT2D eigenvalue weighted by molar-refractivity contribution is 0.102. The molecular formula is C11H14N6O2. The number of aromatic nitrogens is 5. The van der Waals surface area contributed by atoms with Gasteiger partial charge in [0.15, 0.2) is 5.69 Å². The van der Waals surface area contributed by atoms with Gasteiger partial charge in [0.25, 0.3) is 5.91 Å². The van der Waals surface area contributed by atoms with Crippen molar-refractivity contribution in [1.82, 2.24) is 25.4 Å². The number of carbonyl (C=O) groups excluding carboxylic acids is 1. The average molecular weight is 262 g/mol. The normalized spacial score (nSPS) is 10.4. The molecule has 2 rings (SSSR count). The zero-order chi connectivity index (χ0) is 13.7. The van der Waals surface area contributed by atoms with E-state index in [1.54, 1.807) is 13.1 Å². The Morgan fingerprint density at radius 2 is 2.32 bits per heavy atom. The summed E-state index contributed by atoms with van der Waals surface area (Å²) in [6, 6.07) is 0. The van der Waals surface area contributed by atoms with Gasteiger partial charge in [0.2, 0.25) is 0 Å². The maximum atomic E-state index is 11.9. The minimum Gasteiger partial charge on any atom is -0.377 e. The van der Waals surface area contributed by atoms with E-state index < -0.39 is 0 Å². The molecule has 0 aliphatic carbocycles. The maximum absolute atomic E-state index is 11.9. The summed E-state index contributed by atoms with van der Waals surface area (Å²) in [6.45, 7) is 4.55. The minimum absolute atomic E-state index is 0.193. The molecule has 0 aliphatic rings. The number of ether oxygens (including phenoxy) is 1. The van der Waals surface area contributed by atoms with Crippen LogP contribution in [0.1, 0.15) is 28.8 Å². The first kappa shape index (κ1) is 13.1. The fourth-order valence-corrected chi connectivity index (χ4v) is 1.40.